The zero-order valence-corrected chi connectivity index (χ0v) is 14.4. The van der Waals surface area contributed by atoms with Crippen molar-refractivity contribution in [1.82, 2.24) is 4.57 Å². The minimum absolute atomic E-state index is 0.0288. The minimum Gasteiger partial charge on any atom is -0.494 e. The van der Waals surface area contributed by atoms with Crippen LogP contribution in [0.2, 0.25) is 0 Å². The number of benzene rings is 1. The van der Waals surface area contributed by atoms with E-state index < -0.39 is 17.2 Å². The maximum atomic E-state index is 13.1. The van der Waals surface area contributed by atoms with Crippen LogP contribution in [0.1, 0.15) is 32.8 Å². The summed E-state index contributed by atoms with van der Waals surface area (Å²) in [5, 5.41) is 20.7. The van der Waals surface area contributed by atoms with E-state index in [4.69, 9.17) is 4.42 Å². The Kier molecular flexibility index (Phi) is 4.23. The number of hydrogen-bond donors (Lipinski definition) is 1. The lowest BCUT2D eigenvalue weighted by atomic mass is 9.98. The molecule has 6 heteroatoms. The van der Waals surface area contributed by atoms with Gasteiger partial charge in [-0.15, -0.1) is 6.58 Å². The maximum absolute atomic E-state index is 13.1. The van der Waals surface area contributed by atoms with Gasteiger partial charge < -0.3 is 9.52 Å². The molecule has 2 aromatic heterocycles. The standard InChI is InChI=1S/C20H16N2O4/c1-4-9-22-19(24)14(10-21)11(2)16(20(22)25)17(23)18-12(3)13-7-5-6-8-15(13)26-18/h4-8,25H,1,9H2,2-3H3. The molecular weight excluding hydrogens is 332 g/mol. The van der Waals surface area contributed by atoms with Gasteiger partial charge in [-0.2, -0.15) is 5.26 Å². The van der Waals surface area contributed by atoms with Crippen molar-refractivity contribution >= 4 is 16.8 Å². The zero-order valence-electron chi connectivity index (χ0n) is 14.4. The van der Waals surface area contributed by atoms with E-state index in [-0.39, 0.29) is 29.0 Å². The fourth-order valence-corrected chi connectivity index (χ4v) is 3.03. The second kappa shape index (κ2) is 6.37. The molecular formula is C20H16N2O4. The molecule has 0 radical (unpaired) electrons. The number of rotatable bonds is 4. The summed E-state index contributed by atoms with van der Waals surface area (Å²) < 4.78 is 6.63. The van der Waals surface area contributed by atoms with Crippen molar-refractivity contribution in [1.29, 1.82) is 5.26 Å². The Labute approximate surface area is 149 Å². The maximum Gasteiger partial charge on any atom is 0.271 e. The number of aryl methyl sites for hydroxylation is 1. The lowest BCUT2D eigenvalue weighted by Crippen LogP contribution is -2.26. The van der Waals surface area contributed by atoms with Crippen LogP contribution >= 0.6 is 0 Å². The number of carbonyl (C=O) groups excluding carboxylic acids is 1. The number of aromatic nitrogens is 1. The van der Waals surface area contributed by atoms with E-state index in [0.717, 1.165) is 9.95 Å². The van der Waals surface area contributed by atoms with Gasteiger partial charge in [0.1, 0.15) is 17.2 Å². The van der Waals surface area contributed by atoms with E-state index in [0.29, 0.717) is 11.1 Å². The molecule has 26 heavy (non-hydrogen) atoms. The molecule has 130 valence electrons. The van der Waals surface area contributed by atoms with E-state index in [2.05, 4.69) is 6.58 Å². The van der Waals surface area contributed by atoms with Gasteiger partial charge in [0.15, 0.2) is 5.76 Å². The molecule has 0 spiro atoms. The SMILES string of the molecule is C=CCn1c(O)c(C(=O)c2oc3ccccc3c2C)c(C)c(C#N)c1=O. The van der Waals surface area contributed by atoms with Gasteiger partial charge in [0.05, 0.1) is 5.56 Å². The molecule has 0 fully saturated rings. The fourth-order valence-electron chi connectivity index (χ4n) is 3.03. The summed E-state index contributed by atoms with van der Waals surface area (Å²) in [5.41, 5.74) is 0.321. The van der Waals surface area contributed by atoms with Crippen LogP contribution in [0.15, 0.2) is 46.1 Å². The number of aromatic hydroxyl groups is 1. The molecule has 1 aromatic carbocycles. The second-order valence-corrected chi connectivity index (χ2v) is 5.90. The molecule has 0 saturated carbocycles. The van der Waals surface area contributed by atoms with Gasteiger partial charge in [0, 0.05) is 17.5 Å². The Morgan fingerprint density at radius 2 is 2.04 bits per heavy atom. The molecule has 0 aliphatic carbocycles. The first-order chi connectivity index (χ1) is 12.4. The van der Waals surface area contributed by atoms with Gasteiger partial charge in [-0.25, -0.2) is 0 Å². The molecule has 6 nitrogen and oxygen atoms in total. The van der Waals surface area contributed by atoms with Crippen molar-refractivity contribution in [3.63, 3.8) is 0 Å². The largest absolute Gasteiger partial charge is 0.494 e. The minimum atomic E-state index is -0.666. The molecule has 0 aliphatic heterocycles. The van der Waals surface area contributed by atoms with Crippen LogP contribution in [0.25, 0.3) is 11.0 Å². The Morgan fingerprint density at radius 1 is 1.35 bits per heavy atom. The van der Waals surface area contributed by atoms with Crippen LogP contribution in [0.3, 0.4) is 0 Å². The van der Waals surface area contributed by atoms with Gasteiger partial charge >= 0.3 is 0 Å². The predicted molar refractivity (Wildman–Crippen MR) is 96.4 cm³/mol. The molecule has 3 aromatic rings. The van der Waals surface area contributed by atoms with Crippen LogP contribution in [-0.4, -0.2) is 15.5 Å². The van der Waals surface area contributed by atoms with Crippen LogP contribution in [-0.2, 0) is 6.54 Å². The van der Waals surface area contributed by atoms with Crippen molar-refractivity contribution in [2.45, 2.75) is 20.4 Å². The summed E-state index contributed by atoms with van der Waals surface area (Å²) in [4.78, 5) is 25.5. The Bertz CT molecular complexity index is 1160. The number of furan rings is 1. The molecule has 2 heterocycles. The number of hydrogen-bond acceptors (Lipinski definition) is 5. The highest BCUT2D eigenvalue weighted by atomic mass is 16.3. The molecule has 1 N–H and O–H groups in total. The van der Waals surface area contributed by atoms with Crippen molar-refractivity contribution in [3.05, 3.63) is 75.3 Å². The molecule has 0 aliphatic rings. The summed E-state index contributed by atoms with van der Waals surface area (Å²) >= 11 is 0. The number of ketones is 1. The number of allylic oxidation sites excluding steroid dienone is 1. The van der Waals surface area contributed by atoms with E-state index in [1.807, 2.05) is 18.2 Å². The summed E-state index contributed by atoms with van der Waals surface area (Å²) in [5.74, 6) is -1.02. The molecule has 0 amide bonds. The van der Waals surface area contributed by atoms with E-state index >= 15 is 0 Å². The first kappa shape index (κ1) is 17.2. The smallest absolute Gasteiger partial charge is 0.271 e. The highest BCUT2D eigenvalue weighted by molar-refractivity contribution is 6.12. The van der Waals surface area contributed by atoms with Gasteiger partial charge in [-0.05, 0) is 25.5 Å². The van der Waals surface area contributed by atoms with Gasteiger partial charge in [-0.3, -0.25) is 14.2 Å². The lowest BCUT2D eigenvalue weighted by molar-refractivity contribution is 0.101. The normalized spacial score (nSPS) is 10.7. The molecule has 0 saturated heterocycles. The van der Waals surface area contributed by atoms with Crippen molar-refractivity contribution in [2.75, 3.05) is 0 Å². The number of nitriles is 1. The summed E-state index contributed by atoms with van der Waals surface area (Å²) in [7, 11) is 0. The third-order valence-corrected chi connectivity index (χ3v) is 4.39. The van der Waals surface area contributed by atoms with E-state index in [1.54, 1.807) is 19.1 Å². The van der Waals surface area contributed by atoms with Crippen LogP contribution in [0, 0.1) is 25.2 Å². The highest BCUT2D eigenvalue weighted by Crippen LogP contribution is 2.30. The Hall–Kier alpha value is -3.59. The Balaban J connectivity index is 2.32. The topological polar surface area (TPSA) is 96.2 Å². The predicted octanol–water partition coefficient (Wildman–Crippen LogP) is 3.21. The summed E-state index contributed by atoms with van der Waals surface area (Å²) in [6, 6.07) is 9.01. The van der Waals surface area contributed by atoms with Crippen molar-refractivity contribution in [3.8, 4) is 11.9 Å². The number of carbonyl (C=O) groups is 1. The van der Waals surface area contributed by atoms with Crippen LogP contribution in [0.4, 0.5) is 0 Å². The summed E-state index contributed by atoms with van der Waals surface area (Å²) in [6.45, 7) is 6.71. The number of nitrogens with zero attached hydrogens (tertiary/aromatic N) is 2. The first-order valence-corrected chi connectivity index (χ1v) is 7.92. The van der Waals surface area contributed by atoms with Gasteiger partial charge in [0.2, 0.25) is 11.7 Å². The van der Waals surface area contributed by atoms with Crippen LogP contribution in [0.5, 0.6) is 5.88 Å². The Morgan fingerprint density at radius 3 is 2.65 bits per heavy atom. The molecule has 3 rings (SSSR count). The lowest BCUT2D eigenvalue weighted by Gasteiger charge is -2.13. The van der Waals surface area contributed by atoms with E-state index in [1.165, 1.54) is 13.0 Å². The zero-order chi connectivity index (χ0) is 19.0. The van der Waals surface area contributed by atoms with Crippen LogP contribution < -0.4 is 5.56 Å². The quantitative estimate of drug-likeness (QED) is 0.577. The number of para-hydroxylation sites is 1. The average Bonchev–Trinajstić information content (AvgIpc) is 2.96. The molecule has 0 bridgehead atoms. The number of fused-ring (bicyclic) bond motifs is 1. The van der Waals surface area contributed by atoms with Gasteiger partial charge in [0.25, 0.3) is 5.56 Å². The highest BCUT2D eigenvalue weighted by Gasteiger charge is 2.28. The van der Waals surface area contributed by atoms with Gasteiger partial charge in [-0.1, -0.05) is 24.3 Å². The molecule has 0 unspecified atom stereocenters. The third kappa shape index (κ3) is 2.42. The second-order valence-electron chi connectivity index (χ2n) is 5.90. The van der Waals surface area contributed by atoms with Crippen molar-refractivity contribution in [2.24, 2.45) is 0 Å². The number of pyridine rings is 1. The fraction of sp³-hybridized carbons (Fsp3) is 0.150. The third-order valence-electron chi connectivity index (χ3n) is 4.39. The van der Waals surface area contributed by atoms with Crippen molar-refractivity contribution < 1.29 is 14.3 Å². The average molecular weight is 348 g/mol. The monoisotopic (exact) mass is 348 g/mol. The molecule has 0 atom stereocenters. The summed E-state index contributed by atoms with van der Waals surface area (Å²) in [6.07, 6.45) is 1.40. The van der Waals surface area contributed by atoms with E-state index in [9.17, 15) is 20.0 Å². The first-order valence-electron chi connectivity index (χ1n) is 7.92.